The number of hydrogen-bond donors (Lipinski definition) is 0. The van der Waals surface area contributed by atoms with Gasteiger partial charge in [-0.3, -0.25) is 4.68 Å². The van der Waals surface area contributed by atoms with Gasteiger partial charge in [0, 0.05) is 13.3 Å². The van der Waals surface area contributed by atoms with Crippen LogP contribution in [0.25, 0.3) is 0 Å². The molecule has 4 heteroatoms. The van der Waals surface area contributed by atoms with Crippen LogP contribution < -0.4 is 0 Å². The Morgan fingerprint density at radius 3 is 3.00 bits per heavy atom. The molecular formula is C8H11N3O. The summed E-state index contributed by atoms with van der Waals surface area (Å²) in [6.45, 7) is 3.13. The molecule has 12 heavy (non-hydrogen) atoms. The third-order valence-corrected chi connectivity index (χ3v) is 1.59. The fourth-order valence-electron chi connectivity index (χ4n) is 0.927. The normalized spacial score (nSPS) is 9.75. The van der Waals surface area contributed by atoms with E-state index in [2.05, 4.69) is 11.2 Å². The Hall–Kier alpha value is -1.34. The predicted molar refractivity (Wildman–Crippen MR) is 43.6 cm³/mol. The second-order valence-corrected chi connectivity index (χ2v) is 2.50. The lowest BCUT2D eigenvalue weighted by molar-refractivity contribution is 0.183. The predicted octanol–water partition coefficient (Wildman–Crippen LogP) is 0.710. The first-order chi connectivity index (χ1) is 5.77. The van der Waals surface area contributed by atoms with E-state index in [1.54, 1.807) is 18.0 Å². The summed E-state index contributed by atoms with van der Waals surface area (Å²) in [5, 5.41) is 12.8. The van der Waals surface area contributed by atoms with Gasteiger partial charge in [0.15, 0.2) is 0 Å². The van der Waals surface area contributed by atoms with Gasteiger partial charge in [-0.05, 0) is 6.92 Å². The molecule has 0 aromatic carbocycles. The molecule has 0 radical (unpaired) electrons. The number of ether oxygens (including phenoxy) is 1. The molecule has 0 spiro atoms. The van der Waals surface area contributed by atoms with E-state index in [0.29, 0.717) is 18.7 Å². The zero-order chi connectivity index (χ0) is 8.97. The molecule has 0 aliphatic heterocycles. The molecule has 0 amide bonds. The van der Waals surface area contributed by atoms with Crippen molar-refractivity contribution in [3.63, 3.8) is 0 Å². The third kappa shape index (κ3) is 1.83. The molecule has 0 unspecified atom stereocenters. The fourth-order valence-corrected chi connectivity index (χ4v) is 0.927. The monoisotopic (exact) mass is 165 g/mol. The van der Waals surface area contributed by atoms with Gasteiger partial charge in [-0.2, -0.15) is 10.4 Å². The summed E-state index contributed by atoms with van der Waals surface area (Å²) in [4.78, 5) is 0. The average molecular weight is 165 g/mol. The highest BCUT2D eigenvalue weighted by Crippen LogP contribution is 2.02. The second-order valence-electron chi connectivity index (χ2n) is 2.50. The number of nitrogens with zero attached hydrogens (tertiary/aromatic N) is 3. The standard InChI is InChI=1S/C8H11N3O/c1-7-8(5-9)6-11(10-7)3-4-12-2/h6H,3-4H2,1-2H3. The molecular weight excluding hydrogens is 154 g/mol. The largest absolute Gasteiger partial charge is 0.383 e. The van der Waals surface area contributed by atoms with Gasteiger partial charge < -0.3 is 4.74 Å². The van der Waals surface area contributed by atoms with Crippen molar-refractivity contribution in [2.24, 2.45) is 0 Å². The summed E-state index contributed by atoms with van der Waals surface area (Å²) in [6, 6.07) is 2.07. The van der Waals surface area contributed by atoms with Crippen LogP contribution in [0, 0.1) is 18.3 Å². The quantitative estimate of drug-likeness (QED) is 0.662. The van der Waals surface area contributed by atoms with Gasteiger partial charge in [0.05, 0.1) is 24.4 Å². The Bertz CT molecular complexity index is 298. The summed E-state index contributed by atoms with van der Waals surface area (Å²) >= 11 is 0. The van der Waals surface area contributed by atoms with Gasteiger partial charge in [0.25, 0.3) is 0 Å². The maximum Gasteiger partial charge on any atom is 0.103 e. The summed E-state index contributed by atoms with van der Waals surface area (Å²) < 4.78 is 6.60. The minimum Gasteiger partial charge on any atom is -0.383 e. The molecule has 64 valence electrons. The molecule has 0 aliphatic carbocycles. The molecule has 0 N–H and O–H groups in total. The molecule has 0 fully saturated rings. The Morgan fingerprint density at radius 1 is 1.75 bits per heavy atom. The molecule has 0 atom stereocenters. The van der Waals surface area contributed by atoms with Crippen molar-refractivity contribution in [1.29, 1.82) is 5.26 Å². The van der Waals surface area contributed by atoms with Crippen molar-refractivity contribution < 1.29 is 4.74 Å². The number of hydrogen-bond acceptors (Lipinski definition) is 3. The van der Waals surface area contributed by atoms with Crippen LogP contribution in [-0.2, 0) is 11.3 Å². The fraction of sp³-hybridized carbons (Fsp3) is 0.500. The number of rotatable bonds is 3. The Morgan fingerprint density at radius 2 is 2.50 bits per heavy atom. The van der Waals surface area contributed by atoms with Gasteiger partial charge in [-0.15, -0.1) is 0 Å². The molecule has 1 rings (SSSR count). The van der Waals surface area contributed by atoms with Crippen LogP contribution in [-0.4, -0.2) is 23.5 Å². The van der Waals surface area contributed by atoms with Crippen LogP contribution in [0.3, 0.4) is 0 Å². The minimum absolute atomic E-state index is 0.617. The molecule has 0 saturated carbocycles. The molecule has 0 saturated heterocycles. The van der Waals surface area contributed by atoms with Crippen LogP contribution in [0.15, 0.2) is 6.20 Å². The van der Waals surface area contributed by atoms with E-state index in [4.69, 9.17) is 10.00 Å². The first-order valence-electron chi connectivity index (χ1n) is 3.71. The number of aryl methyl sites for hydroxylation is 1. The number of aromatic nitrogens is 2. The molecule has 1 aromatic rings. The highest BCUT2D eigenvalue weighted by Gasteiger charge is 2.02. The Labute approximate surface area is 71.4 Å². The van der Waals surface area contributed by atoms with Crippen LogP contribution in [0.4, 0.5) is 0 Å². The van der Waals surface area contributed by atoms with Gasteiger partial charge >= 0.3 is 0 Å². The molecule has 0 bridgehead atoms. The van der Waals surface area contributed by atoms with Crippen molar-refractivity contribution in [2.75, 3.05) is 13.7 Å². The van der Waals surface area contributed by atoms with Crippen molar-refractivity contribution in [1.82, 2.24) is 9.78 Å². The Balaban J connectivity index is 2.70. The molecule has 1 heterocycles. The zero-order valence-electron chi connectivity index (χ0n) is 7.24. The maximum absolute atomic E-state index is 8.62. The van der Waals surface area contributed by atoms with Crippen LogP contribution in [0.2, 0.25) is 0 Å². The van der Waals surface area contributed by atoms with E-state index in [-0.39, 0.29) is 0 Å². The van der Waals surface area contributed by atoms with Gasteiger partial charge in [-0.25, -0.2) is 0 Å². The molecule has 0 aliphatic rings. The lowest BCUT2D eigenvalue weighted by Gasteiger charge is -1.97. The smallest absolute Gasteiger partial charge is 0.103 e. The number of methoxy groups -OCH3 is 1. The van der Waals surface area contributed by atoms with E-state index < -0.39 is 0 Å². The zero-order valence-corrected chi connectivity index (χ0v) is 7.24. The highest BCUT2D eigenvalue weighted by atomic mass is 16.5. The lowest BCUT2D eigenvalue weighted by atomic mass is 10.3. The Kier molecular flexibility index (Phi) is 2.83. The summed E-state index contributed by atoms with van der Waals surface area (Å²) in [6.07, 6.45) is 1.73. The van der Waals surface area contributed by atoms with Crippen molar-refractivity contribution in [3.05, 3.63) is 17.5 Å². The van der Waals surface area contributed by atoms with Gasteiger partial charge in [-0.1, -0.05) is 0 Å². The van der Waals surface area contributed by atoms with Crippen LogP contribution in [0.1, 0.15) is 11.3 Å². The van der Waals surface area contributed by atoms with E-state index in [1.807, 2.05) is 6.92 Å². The van der Waals surface area contributed by atoms with E-state index in [1.165, 1.54) is 0 Å². The van der Waals surface area contributed by atoms with Crippen molar-refractivity contribution in [3.8, 4) is 6.07 Å². The van der Waals surface area contributed by atoms with E-state index >= 15 is 0 Å². The summed E-state index contributed by atoms with van der Waals surface area (Å²) in [5.74, 6) is 0. The van der Waals surface area contributed by atoms with E-state index in [0.717, 1.165) is 5.69 Å². The van der Waals surface area contributed by atoms with Gasteiger partial charge in [0.1, 0.15) is 6.07 Å². The first-order valence-corrected chi connectivity index (χ1v) is 3.71. The molecule has 4 nitrogen and oxygen atoms in total. The lowest BCUT2D eigenvalue weighted by Crippen LogP contribution is -2.04. The SMILES string of the molecule is COCCn1cc(C#N)c(C)n1. The molecule has 1 aromatic heterocycles. The maximum atomic E-state index is 8.62. The first kappa shape index (κ1) is 8.75. The summed E-state index contributed by atoms with van der Waals surface area (Å²) in [5.41, 5.74) is 1.40. The number of nitriles is 1. The van der Waals surface area contributed by atoms with Crippen molar-refractivity contribution in [2.45, 2.75) is 13.5 Å². The van der Waals surface area contributed by atoms with Gasteiger partial charge in [0.2, 0.25) is 0 Å². The summed E-state index contributed by atoms with van der Waals surface area (Å²) in [7, 11) is 1.64. The highest BCUT2D eigenvalue weighted by molar-refractivity contribution is 5.29. The third-order valence-electron chi connectivity index (χ3n) is 1.59. The van der Waals surface area contributed by atoms with Crippen LogP contribution in [0.5, 0.6) is 0 Å². The van der Waals surface area contributed by atoms with E-state index in [9.17, 15) is 0 Å². The average Bonchev–Trinajstić information content (AvgIpc) is 2.43. The topological polar surface area (TPSA) is 50.8 Å². The van der Waals surface area contributed by atoms with Crippen molar-refractivity contribution >= 4 is 0 Å². The van der Waals surface area contributed by atoms with Crippen LogP contribution >= 0.6 is 0 Å². The minimum atomic E-state index is 0.617. The second kappa shape index (κ2) is 3.88.